The molecular formula is C4H9N. The monoisotopic (exact) mass is 72.1 g/mol. The lowest BCUT2D eigenvalue weighted by molar-refractivity contribution is 0.379. The van der Waals surface area contributed by atoms with Crippen LogP contribution >= 0.6 is 0 Å². The molecule has 1 fully saturated rings. The molecule has 0 bridgehead atoms. The largest absolute Gasteiger partial charge is 0.316 e. The Morgan fingerprint density at radius 3 is 2.40 bits per heavy atom. The van der Waals surface area contributed by atoms with Gasteiger partial charge in [0, 0.05) is 1.37 Å². The molecule has 0 amide bonds. The average molecular weight is 72.1 g/mol. The molecule has 0 saturated carbocycles. The number of rotatable bonds is 0. The first-order valence-electron chi connectivity index (χ1n) is 2.41. The van der Waals surface area contributed by atoms with Crippen LogP contribution in [-0.4, -0.2) is 13.1 Å². The van der Waals surface area contributed by atoms with Crippen molar-refractivity contribution < 1.29 is 1.37 Å². The zero-order chi connectivity index (χ0) is 4.62. The highest BCUT2D eigenvalue weighted by atomic mass is 14.9. The standard InChI is InChI=1S/C4H9N/c1-4-2-5-3-4/h4-5H,2-3H2,1H3/i4D. The summed E-state index contributed by atoms with van der Waals surface area (Å²) < 4.78 is 7.20. The van der Waals surface area contributed by atoms with Crippen molar-refractivity contribution in [2.75, 3.05) is 13.1 Å². The average Bonchev–Trinajstić information content (AvgIpc) is 1.32. The highest BCUT2D eigenvalue weighted by Gasteiger charge is 2.07. The van der Waals surface area contributed by atoms with Gasteiger partial charge in [0.2, 0.25) is 0 Å². The van der Waals surface area contributed by atoms with Crippen LogP contribution in [-0.2, 0) is 0 Å². The summed E-state index contributed by atoms with van der Waals surface area (Å²) in [7, 11) is 0. The quantitative estimate of drug-likeness (QED) is 0.432. The van der Waals surface area contributed by atoms with Crippen molar-refractivity contribution in [1.29, 1.82) is 0 Å². The molecule has 5 heavy (non-hydrogen) atoms. The van der Waals surface area contributed by atoms with Crippen molar-refractivity contribution in [3.63, 3.8) is 0 Å². The fraction of sp³-hybridized carbons (Fsp3) is 1.00. The van der Waals surface area contributed by atoms with E-state index in [2.05, 4.69) is 5.32 Å². The summed E-state index contributed by atoms with van der Waals surface area (Å²) in [4.78, 5) is 0. The van der Waals surface area contributed by atoms with E-state index in [9.17, 15) is 0 Å². The third-order valence-corrected chi connectivity index (χ3v) is 0.854. The minimum atomic E-state index is -0.139. The molecule has 0 aromatic carbocycles. The van der Waals surface area contributed by atoms with Gasteiger partial charge >= 0.3 is 0 Å². The molecule has 1 rings (SSSR count). The van der Waals surface area contributed by atoms with E-state index in [0.29, 0.717) is 0 Å². The molecule has 1 saturated heterocycles. The summed E-state index contributed by atoms with van der Waals surface area (Å²) in [6.07, 6.45) is 0. The van der Waals surface area contributed by atoms with Gasteiger partial charge in [0.05, 0.1) is 0 Å². The maximum atomic E-state index is 7.20. The van der Waals surface area contributed by atoms with E-state index in [1.807, 2.05) is 6.92 Å². The molecule has 1 heterocycles. The van der Waals surface area contributed by atoms with Gasteiger partial charge in [0.15, 0.2) is 0 Å². The van der Waals surface area contributed by atoms with Crippen molar-refractivity contribution in [3.8, 4) is 0 Å². The molecule has 1 N–H and O–H groups in total. The Bertz CT molecular complexity index is 54.6. The number of hydrogen-bond donors (Lipinski definition) is 1. The minimum absolute atomic E-state index is 0.139. The molecular weight excluding hydrogens is 62.1 g/mol. The molecule has 30 valence electrons. The van der Waals surface area contributed by atoms with Gasteiger partial charge in [-0.2, -0.15) is 0 Å². The Hall–Kier alpha value is -0.0400. The van der Waals surface area contributed by atoms with E-state index in [1.54, 1.807) is 0 Å². The zero-order valence-electron chi connectivity index (χ0n) is 4.41. The Labute approximate surface area is 33.8 Å². The van der Waals surface area contributed by atoms with E-state index >= 15 is 0 Å². The summed E-state index contributed by atoms with van der Waals surface area (Å²) in [5.74, 6) is -0.139. The predicted molar refractivity (Wildman–Crippen MR) is 22.0 cm³/mol. The van der Waals surface area contributed by atoms with Crippen molar-refractivity contribution in [2.24, 2.45) is 5.89 Å². The van der Waals surface area contributed by atoms with Gasteiger partial charge in [-0.1, -0.05) is 6.92 Å². The van der Waals surface area contributed by atoms with Crippen LogP contribution in [0.1, 0.15) is 8.29 Å². The first-order chi connectivity index (χ1) is 2.71. The second kappa shape index (κ2) is 0.977. The fourth-order valence-corrected chi connectivity index (χ4v) is 0.375. The van der Waals surface area contributed by atoms with Crippen LogP contribution in [0.25, 0.3) is 0 Å². The lowest BCUT2D eigenvalue weighted by atomic mass is 10.1. The van der Waals surface area contributed by atoms with Gasteiger partial charge in [-0.25, -0.2) is 0 Å². The van der Waals surface area contributed by atoms with Crippen molar-refractivity contribution in [2.45, 2.75) is 6.92 Å². The molecule has 1 aliphatic heterocycles. The number of nitrogens with one attached hydrogen (secondary N) is 1. The van der Waals surface area contributed by atoms with Crippen molar-refractivity contribution >= 4 is 0 Å². The van der Waals surface area contributed by atoms with Gasteiger partial charge in [-0.15, -0.1) is 0 Å². The predicted octanol–water partition coefficient (Wildman–Crippen LogP) is 0.226. The molecule has 1 aliphatic rings. The lowest BCUT2D eigenvalue weighted by Gasteiger charge is -2.21. The van der Waals surface area contributed by atoms with Crippen LogP contribution in [0.15, 0.2) is 0 Å². The smallest absolute Gasteiger partial charge is 0.0326 e. The molecule has 0 unspecified atom stereocenters. The summed E-state index contributed by atoms with van der Waals surface area (Å²) >= 11 is 0. The van der Waals surface area contributed by atoms with Crippen LogP contribution in [0.3, 0.4) is 0 Å². The van der Waals surface area contributed by atoms with Gasteiger partial charge < -0.3 is 5.32 Å². The molecule has 0 radical (unpaired) electrons. The van der Waals surface area contributed by atoms with E-state index in [1.165, 1.54) is 0 Å². The van der Waals surface area contributed by atoms with Gasteiger partial charge in [0.1, 0.15) is 0 Å². The van der Waals surface area contributed by atoms with Crippen LogP contribution in [0.4, 0.5) is 0 Å². The first-order valence-corrected chi connectivity index (χ1v) is 1.91. The molecule has 1 nitrogen and oxygen atoms in total. The molecule has 0 aliphatic carbocycles. The van der Waals surface area contributed by atoms with Crippen LogP contribution < -0.4 is 5.32 Å². The summed E-state index contributed by atoms with van der Waals surface area (Å²) in [6, 6.07) is 0. The summed E-state index contributed by atoms with van der Waals surface area (Å²) in [6.45, 7) is 3.67. The van der Waals surface area contributed by atoms with Crippen LogP contribution in [0.5, 0.6) is 0 Å². The van der Waals surface area contributed by atoms with E-state index in [4.69, 9.17) is 1.37 Å². The Morgan fingerprint density at radius 1 is 2.00 bits per heavy atom. The SMILES string of the molecule is [2H]C1(C)CNC1. The second-order valence-electron chi connectivity index (χ2n) is 1.56. The van der Waals surface area contributed by atoms with Gasteiger partial charge in [0.25, 0.3) is 0 Å². The summed E-state index contributed by atoms with van der Waals surface area (Å²) in [5, 5.41) is 3.01. The number of hydrogen-bond acceptors (Lipinski definition) is 1. The molecule has 0 spiro atoms. The normalized spacial score (nSPS) is 35.0. The van der Waals surface area contributed by atoms with Crippen LogP contribution in [0.2, 0.25) is 0 Å². The second-order valence-corrected chi connectivity index (χ2v) is 1.56. The van der Waals surface area contributed by atoms with Crippen LogP contribution in [0, 0.1) is 5.89 Å². The Morgan fingerprint density at radius 2 is 2.40 bits per heavy atom. The first kappa shape index (κ1) is 2.19. The highest BCUT2D eigenvalue weighted by molar-refractivity contribution is 4.68. The fourth-order valence-electron chi connectivity index (χ4n) is 0.375. The Balaban J connectivity index is 2.31. The van der Waals surface area contributed by atoms with Gasteiger partial charge in [-0.05, 0) is 19.0 Å². The molecule has 1 heteroatoms. The van der Waals surface area contributed by atoms with E-state index in [0.717, 1.165) is 13.1 Å². The van der Waals surface area contributed by atoms with Crippen molar-refractivity contribution in [1.82, 2.24) is 5.32 Å². The van der Waals surface area contributed by atoms with Gasteiger partial charge in [-0.3, -0.25) is 0 Å². The molecule has 0 aromatic heterocycles. The highest BCUT2D eigenvalue weighted by Crippen LogP contribution is 1.96. The third-order valence-electron chi connectivity index (χ3n) is 0.854. The topological polar surface area (TPSA) is 12.0 Å². The minimum Gasteiger partial charge on any atom is -0.316 e. The Kier molecular flexibility index (Phi) is 0.428. The van der Waals surface area contributed by atoms with E-state index < -0.39 is 0 Å². The molecule has 0 atom stereocenters. The maximum Gasteiger partial charge on any atom is 0.0326 e. The third kappa shape index (κ3) is 0.428. The summed E-state index contributed by atoms with van der Waals surface area (Å²) in [5.41, 5.74) is 0. The lowest BCUT2D eigenvalue weighted by Crippen LogP contribution is -2.39. The maximum absolute atomic E-state index is 7.20. The zero-order valence-corrected chi connectivity index (χ0v) is 3.41. The van der Waals surface area contributed by atoms with E-state index in [-0.39, 0.29) is 5.89 Å². The molecule has 0 aromatic rings. The van der Waals surface area contributed by atoms with Crippen molar-refractivity contribution in [3.05, 3.63) is 0 Å².